The zero-order valence-electron chi connectivity index (χ0n) is 9.07. The predicted octanol–water partition coefficient (Wildman–Crippen LogP) is -0.0806. The molecule has 1 heterocycles. The highest BCUT2D eigenvalue weighted by atomic mass is 16.1. The van der Waals surface area contributed by atoms with E-state index in [2.05, 4.69) is 18.7 Å². The van der Waals surface area contributed by atoms with Gasteiger partial charge in [0.1, 0.15) is 6.04 Å². The second-order valence-corrected chi connectivity index (χ2v) is 4.31. The van der Waals surface area contributed by atoms with Gasteiger partial charge in [0, 0.05) is 19.1 Å². The molecule has 4 heteroatoms. The molecule has 4 nitrogen and oxygen atoms in total. The van der Waals surface area contributed by atoms with Crippen LogP contribution in [0.2, 0.25) is 0 Å². The van der Waals surface area contributed by atoms with Crippen LogP contribution in [0.15, 0.2) is 0 Å². The Balaban J connectivity index is 2.56. The van der Waals surface area contributed by atoms with Crippen LogP contribution in [-0.4, -0.2) is 36.0 Å². The monoisotopic (exact) mass is 199 g/mol. The third kappa shape index (κ3) is 2.45. The number of carbonyl (C=O) groups is 1. The molecule has 4 N–H and O–H groups in total. The lowest BCUT2D eigenvalue weighted by atomic mass is 10.1. The molecular formula is C10H21N3O. The van der Waals surface area contributed by atoms with Crippen molar-refractivity contribution in [1.29, 1.82) is 0 Å². The topological polar surface area (TPSA) is 72.3 Å². The highest BCUT2D eigenvalue weighted by Gasteiger charge is 2.35. The maximum atomic E-state index is 11.2. The lowest BCUT2D eigenvalue weighted by Crippen LogP contribution is -2.49. The number of carbonyl (C=O) groups excluding carboxylic acids is 1. The van der Waals surface area contributed by atoms with Crippen molar-refractivity contribution in [2.24, 2.45) is 17.4 Å². The maximum Gasteiger partial charge on any atom is 0.236 e. The van der Waals surface area contributed by atoms with E-state index < -0.39 is 0 Å². The molecule has 1 saturated heterocycles. The first-order chi connectivity index (χ1) is 6.56. The number of hydrogen-bond acceptors (Lipinski definition) is 3. The van der Waals surface area contributed by atoms with Crippen LogP contribution < -0.4 is 11.5 Å². The molecule has 3 atom stereocenters. The van der Waals surface area contributed by atoms with E-state index in [4.69, 9.17) is 11.5 Å². The first-order valence-electron chi connectivity index (χ1n) is 5.35. The highest BCUT2D eigenvalue weighted by Crippen LogP contribution is 2.18. The van der Waals surface area contributed by atoms with Gasteiger partial charge < -0.3 is 11.5 Å². The van der Waals surface area contributed by atoms with E-state index in [1.807, 2.05) is 0 Å². The first-order valence-corrected chi connectivity index (χ1v) is 5.35. The van der Waals surface area contributed by atoms with Gasteiger partial charge in [0.2, 0.25) is 5.91 Å². The second kappa shape index (κ2) is 4.75. The molecule has 0 aromatic rings. The van der Waals surface area contributed by atoms with Crippen molar-refractivity contribution in [1.82, 2.24) is 4.90 Å². The fourth-order valence-electron chi connectivity index (χ4n) is 2.01. The van der Waals surface area contributed by atoms with Gasteiger partial charge in [0.25, 0.3) is 0 Å². The van der Waals surface area contributed by atoms with Gasteiger partial charge in [-0.2, -0.15) is 0 Å². The van der Waals surface area contributed by atoms with Crippen molar-refractivity contribution < 1.29 is 4.79 Å². The average Bonchev–Trinajstić information content (AvgIpc) is 2.46. The predicted molar refractivity (Wildman–Crippen MR) is 56.6 cm³/mol. The molecule has 0 aromatic heterocycles. The van der Waals surface area contributed by atoms with Crippen molar-refractivity contribution in [3.63, 3.8) is 0 Å². The summed E-state index contributed by atoms with van der Waals surface area (Å²) in [4.78, 5) is 13.3. The Hall–Kier alpha value is -0.610. The highest BCUT2D eigenvalue weighted by molar-refractivity contribution is 5.81. The Morgan fingerprint density at radius 1 is 1.64 bits per heavy atom. The zero-order chi connectivity index (χ0) is 10.7. The molecule has 1 rings (SSSR count). The quantitative estimate of drug-likeness (QED) is 0.665. The summed E-state index contributed by atoms with van der Waals surface area (Å²) in [6.45, 7) is 6.17. The zero-order valence-corrected chi connectivity index (χ0v) is 9.07. The Morgan fingerprint density at radius 3 is 2.79 bits per heavy atom. The summed E-state index contributed by atoms with van der Waals surface area (Å²) in [6, 6.07) is -0.319. The molecule has 0 bridgehead atoms. The SMILES string of the molecule is CCC(C)CN1CC[C@H](N)C1C(N)=O. The summed E-state index contributed by atoms with van der Waals surface area (Å²) in [5.41, 5.74) is 11.2. The van der Waals surface area contributed by atoms with Gasteiger partial charge >= 0.3 is 0 Å². The molecule has 1 aliphatic rings. The normalized spacial score (nSPS) is 30.5. The van der Waals surface area contributed by atoms with Crippen LogP contribution in [0.4, 0.5) is 0 Å². The smallest absolute Gasteiger partial charge is 0.236 e. The number of nitrogens with two attached hydrogens (primary N) is 2. The van der Waals surface area contributed by atoms with E-state index in [0.717, 1.165) is 25.9 Å². The van der Waals surface area contributed by atoms with E-state index in [1.54, 1.807) is 0 Å². The summed E-state index contributed by atoms with van der Waals surface area (Å²) in [6.07, 6.45) is 2.00. The number of rotatable bonds is 4. The molecule has 0 radical (unpaired) electrons. The van der Waals surface area contributed by atoms with Crippen molar-refractivity contribution in [3.8, 4) is 0 Å². The van der Waals surface area contributed by atoms with Crippen molar-refractivity contribution in [2.75, 3.05) is 13.1 Å². The average molecular weight is 199 g/mol. The van der Waals surface area contributed by atoms with Crippen molar-refractivity contribution in [3.05, 3.63) is 0 Å². The van der Waals surface area contributed by atoms with E-state index >= 15 is 0 Å². The van der Waals surface area contributed by atoms with Gasteiger partial charge in [-0.15, -0.1) is 0 Å². The molecule has 0 spiro atoms. The van der Waals surface area contributed by atoms with Crippen LogP contribution in [0.5, 0.6) is 0 Å². The number of amides is 1. The summed E-state index contributed by atoms with van der Waals surface area (Å²) < 4.78 is 0. The fourth-order valence-corrected chi connectivity index (χ4v) is 2.01. The summed E-state index contributed by atoms with van der Waals surface area (Å²) in [7, 11) is 0. The third-order valence-electron chi connectivity index (χ3n) is 3.08. The van der Waals surface area contributed by atoms with Crippen molar-refractivity contribution >= 4 is 5.91 Å². The molecule has 1 amide bonds. The standard InChI is InChI=1S/C10H21N3O/c1-3-7(2)6-13-5-4-8(11)9(13)10(12)14/h7-9H,3-6,11H2,1-2H3,(H2,12,14)/t7?,8-,9?/m0/s1. The number of hydrogen-bond donors (Lipinski definition) is 2. The largest absolute Gasteiger partial charge is 0.368 e. The molecule has 1 fully saturated rings. The molecule has 14 heavy (non-hydrogen) atoms. The van der Waals surface area contributed by atoms with Gasteiger partial charge in [0.15, 0.2) is 0 Å². The Labute approximate surface area is 85.6 Å². The van der Waals surface area contributed by atoms with Crippen LogP contribution in [0.3, 0.4) is 0 Å². The van der Waals surface area contributed by atoms with E-state index in [0.29, 0.717) is 5.92 Å². The van der Waals surface area contributed by atoms with E-state index in [9.17, 15) is 4.79 Å². The van der Waals surface area contributed by atoms with Gasteiger partial charge in [0.05, 0.1) is 0 Å². The van der Waals surface area contributed by atoms with Crippen LogP contribution in [0, 0.1) is 5.92 Å². The summed E-state index contributed by atoms with van der Waals surface area (Å²) >= 11 is 0. The first kappa shape index (κ1) is 11.5. The second-order valence-electron chi connectivity index (χ2n) is 4.31. The number of nitrogens with zero attached hydrogens (tertiary/aromatic N) is 1. The Morgan fingerprint density at radius 2 is 2.29 bits per heavy atom. The molecule has 0 saturated carbocycles. The van der Waals surface area contributed by atoms with Gasteiger partial charge in [-0.05, 0) is 12.3 Å². The minimum absolute atomic E-state index is 0.0726. The van der Waals surface area contributed by atoms with Crippen LogP contribution in [0.1, 0.15) is 26.7 Å². The minimum Gasteiger partial charge on any atom is -0.368 e. The van der Waals surface area contributed by atoms with E-state index in [-0.39, 0.29) is 18.0 Å². The molecular weight excluding hydrogens is 178 g/mol. The Bertz CT molecular complexity index is 208. The lowest BCUT2D eigenvalue weighted by molar-refractivity contribution is -0.122. The third-order valence-corrected chi connectivity index (χ3v) is 3.08. The van der Waals surface area contributed by atoms with Crippen LogP contribution >= 0.6 is 0 Å². The molecule has 0 aromatic carbocycles. The van der Waals surface area contributed by atoms with Crippen LogP contribution in [0.25, 0.3) is 0 Å². The summed E-state index contributed by atoms with van der Waals surface area (Å²) in [5, 5.41) is 0. The molecule has 82 valence electrons. The maximum absolute atomic E-state index is 11.2. The van der Waals surface area contributed by atoms with E-state index in [1.165, 1.54) is 0 Å². The molecule has 1 aliphatic heterocycles. The van der Waals surface area contributed by atoms with Crippen molar-refractivity contribution in [2.45, 2.75) is 38.8 Å². The summed E-state index contributed by atoms with van der Waals surface area (Å²) in [5.74, 6) is 0.320. The van der Waals surface area contributed by atoms with Gasteiger partial charge in [-0.1, -0.05) is 20.3 Å². The number of likely N-dealkylation sites (tertiary alicyclic amines) is 1. The number of primary amides is 1. The lowest BCUT2D eigenvalue weighted by Gasteiger charge is -2.26. The van der Waals surface area contributed by atoms with Gasteiger partial charge in [-0.25, -0.2) is 0 Å². The molecule has 2 unspecified atom stereocenters. The molecule has 0 aliphatic carbocycles. The van der Waals surface area contributed by atoms with Crippen LogP contribution in [-0.2, 0) is 4.79 Å². The van der Waals surface area contributed by atoms with Gasteiger partial charge in [-0.3, -0.25) is 9.69 Å². The minimum atomic E-state index is -0.279. The fraction of sp³-hybridized carbons (Fsp3) is 0.900. The Kier molecular flexibility index (Phi) is 3.89.